The molecule has 1 saturated carbocycles. The van der Waals surface area contributed by atoms with Gasteiger partial charge in [0.05, 0.1) is 0 Å². The molecule has 86 valence electrons. The third-order valence-corrected chi connectivity index (χ3v) is 4.13. The molecule has 0 radical (unpaired) electrons. The SMILES string of the molecule is O=C1CCCc2c1ccn2CC1CCCC1. The van der Waals surface area contributed by atoms with Gasteiger partial charge in [-0.2, -0.15) is 0 Å². The summed E-state index contributed by atoms with van der Waals surface area (Å²) in [5.41, 5.74) is 2.31. The van der Waals surface area contributed by atoms with Crippen LogP contribution >= 0.6 is 0 Å². The van der Waals surface area contributed by atoms with Crippen molar-refractivity contribution in [1.29, 1.82) is 0 Å². The number of rotatable bonds is 2. The lowest BCUT2D eigenvalue weighted by atomic mass is 9.96. The number of aromatic nitrogens is 1. The summed E-state index contributed by atoms with van der Waals surface area (Å²) in [5.74, 6) is 1.21. The number of nitrogens with zero attached hydrogens (tertiary/aromatic N) is 1. The predicted molar refractivity (Wildman–Crippen MR) is 63.7 cm³/mol. The first-order valence-electron chi connectivity index (χ1n) is 6.56. The highest BCUT2D eigenvalue weighted by Crippen LogP contribution is 2.29. The second-order valence-corrected chi connectivity index (χ2v) is 5.26. The maximum Gasteiger partial charge on any atom is 0.164 e. The van der Waals surface area contributed by atoms with Gasteiger partial charge >= 0.3 is 0 Å². The van der Waals surface area contributed by atoms with Crippen molar-refractivity contribution in [2.75, 3.05) is 0 Å². The number of carbonyl (C=O) groups is 1. The minimum atomic E-state index is 0.353. The van der Waals surface area contributed by atoms with Crippen molar-refractivity contribution in [3.8, 4) is 0 Å². The number of ketones is 1. The second-order valence-electron chi connectivity index (χ2n) is 5.26. The first-order valence-corrected chi connectivity index (χ1v) is 6.56. The maximum absolute atomic E-state index is 11.7. The number of hydrogen-bond donors (Lipinski definition) is 0. The van der Waals surface area contributed by atoms with Gasteiger partial charge in [0, 0.05) is 30.4 Å². The van der Waals surface area contributed by atoms with Crippen LogP contribution in [0.1, 0.15) is 54.6 Å². The molecule has 1 fully saturated rings. The minimum Gasteiger partial charge on any atom is -0.350 e. The van der Waals surface area contributed by atoms with Crippen molar-refractivity contribution in [1.82, 2.24) is 4.57 Å². The van der Waals surface area contributed by atoms with Crippen LogP contribution in [0.15, 0.2) is 12.3 Å². The lowest BCUT2D eigenvalue weighted by Gasteiger charge is -2.17. The standard InChI is InChI=1S/C14H19NO/c16-14-7-3-6-13-12(14)8-9-15(13)10-11-4-1-2-5-11/h8-9,11H,1-7,10H2. The highest BCUT2D eigenvalue weighted by Gasteiger charge is 2.22. The molecule has 2 aliphatic carbocycles. The molecular weight excluding hydrogens is 198 g/mol. The zero-order valence-electron chi connectivity index (χ0n) is 9.74. The quantitative estimate of drug-likeness (QED) is 0.745. The molecule has 0 bridgehead atoms. The van der Waals surface area contributed by atoms with Gasteiger partial charge in [0.2, 0.25) is 0 Å². The number of carbonyl (C=O) groups excluding carboxylic acids is 1. The molecule has 0 atom stereocenters. The van der Waals surface area contributed by atoms with Crippen LogP contribution in [0.3, 0.4) is 0 Å². The highest BCUT2D eigenvalue weighted by molar-refractivity contribution is 5.98. The first-order chi connectivity index (χ1) is 7.84. The smallest absolute Gasteiger partial charge is 0.164 e. The largest absolute Gasteiger partial charge is 0.350 e. The molecule has 1 aromatic rings. The van der Waals surface area contributed by atoms with E-state index in [4.69, 9.17) is 0 Å². The summed E-state index contributed by atoms with van der Waals surface area (Å²) in [5, 5.41) is 0. The molecule has 0 aliphatic heterocycles. The fraction of sp³-hybridized carbons (Fsp3) is 0.643. The summed E-state index contributed by atoms with van der Waals surface area (Å²) in [6.45, 7) is 1.14. The Labute approximate surface area is 96.6 Å². The molecule has 0 aromatic carbocycles. The van der Waals surface area contributed by atoms with E-state index in [0.717, 1.165) is 37.3 Å². The molecule has 3 rings (SSSR count). The molecule has 2 heteroatoms. The molecule has 1 heterocycles. The van der Waals surface area contributed by atoms with Crippen LogP contribution in [0.25, 0.3) is 0 Å². The Morgan fingerprint density at radius 1 is 1.19 bits per heavy atom. The van der Waals surface area contributed by atoms with Gasteiger partial charge in [-0.15, -0.1) is 0 Å². The van der Waals surface area contributed by atoms with Crippen molar-refractivity contribution >= 4 is 5.78 Å². The van der Waals surface area contributed by atoms with Crippen molar-refractivity contribution in [3.05, 3.63) is 23.5 Å². The Morgan fingerprint density at radius 3 is 2.81 bits per heavy atom. The van der Waals surface area contributed by atoms with Gasteiger partial charge in [-0.3, -0.25) is 4.79 Å². The lowest BCUT2D eigenvalue weighted by Crippen LogP contribution is -2.15. The minimum absolute atomic E-state index is 0.353. The molecule has 0 N–H and O–H groups in total. The third kappa shape index (κ3) is 1.70. The van der Waals surface area contributed by atoms with Crippen LogP contribution in [0.4, 0.5) is 0 Å². The van der Waals surface area contributed by atoms with E-state index in [9.17, 15) is 4.79 Å². The molecule has 0 unspecified atom stereocenters. The molecule has 0 saturated heterocycles. The van der Waals surface area contributed by atoms with Crippen molar-refractivity contribution in [2.45, 2.75) is 51.5 Å². The van der Waals surface area contributed by atoms with E-state index >= 15 is 0 Å². The van der Waals surface area contributed by atoms with Crippen LogP contribution in [0.5, 0.6) is 0 Å². The molecule has 2 aliphatic rings. The zero-order valence-corrected chi connectivity index (χ0v) is 9.74. The topological polar surface area (TPSA) is 22.0 Å². The maximum atomic E-state index is 11.7. The Balaban J connectivity index is 1.82. The van der Waals surface area contributed by atoms with E-state index in [0.29, 0.717) is 5.78 Å². The van der Waals surface area contributed by atoms with Crippen LogP contribution in [0.2, 0.25) is 0 Å². The molecular formula is C14H19NO. The summed E-state index contributed by atoms with van der Waals surface area (Å²) in [4.78, 5) is 11.7. The number of hydrogen-bond acceptors (Lipinski definition) is 1. The van der Waals surface area contributed by atoms with Gasteiger partial charge in [0.15, 0.2) is 5.78 Å². The predicted octanol–water partition coefficient (Wildman–Crippen LogP) is 3.20. The normalized spacial score (nSPS) is 21.4. The Hall–Kier alpha value is -1.05. The van der Waals surface area contributed by atoms with Gasteiger partial charge in [-0.25, -0.2) is 0 Å². The number of fused-ring (bicyclic) bond motifs is 1. The molecule has 2 nitrogen and oxygen atoms in total. The lowest BCUT2D eigenvalue weighted by molar-refractivity contribution is 0.0971. The van der Waals surface area contributed by atoms with Crippen LogP contribution in [0, 0.1) is 5.92 Å². The van der Waals surface area contributed by atoms with E-state index < -0.39 is 0 Å². The van der Waals surface area contributed by atoms with Crippen molar-refractivity contribution < 1.29 is 4.79 Å². The summed E-state index contributed by atoms with van der Waals surface area (Å²) < 4.78 is 2.35. The van der Waals surface area contributed by atoms with E-state index in [1.54, 1.807) is 0 Å². The fourth-order valence-electron chi connectivity index (χ4n) is 3.23. The van der Waals surface area contributed by atoms with E-state index in [2.05, 4.69) is 10.8 Å². The Bertz CT molecular complexity index is 399. The summed E-state index contributed by atoms with van der Waals surface area (Å²) >= 11 is 0. The molecule has 1 aromatic heterocycles. The van der Waals surface area contributed by atoms with Crippen LogP contribution < -0.4 is 0 Å². The first kappa shape index (κ1) is 10.1. The van der Waals surface area contributed by atoms with E-state index in [-0.39, 0.29) is 0 Å². The van der Waals surface area contributed by atoms with Gasteiger partial charge < -0.3 is 4.57 Å². The van der Waals surface area contributed by atoms with Crippen LogP contribution in [-0.2, 0) is 13.0 Å². The summed E-state index contributed by atoms with van der Waals surface area (Å²) in [6, 6.07) is 2.03. The van der Waals surface area contributed by atoms with E-state index in [1.165, 1.54) is 31.4 Å². The molecule has 0 amide bonds. The third-order valence-electron chi connectivity index (χ3n) is 4.13. The monoisotopic (exact) mass is 217 g/mol. The van der Waals surface area contributed by atoms with Gasteiger partial charge in [-0.05, 0) is 37.7 Å². The fourth-order valence-corrected chi connectivity index (χ4v) is 3.23. The molecule has 16 heavy (non-hydrogen) atoms. The second kappa shape index (κ2) is 4.08. The van der Waals surface area contributed by atoms with E-state index in [1.807, 2.05) is 6.07 Å². The number of Topliss-reactive ketones (excluding diaryl/α,β-unsaturated/α-hetero) is 1. The average Bonchev–Trinajstić information content (AvgIpc) is 2.90. The average molecular weight is 217 g/mol. The summed E-state index contributed by atoms with van der Waals surface area (Å²) in [7, 11) is 0. The highest BCUT2D eigenvalue weighted by atomic mass is 16.1. The molecule has 0 spiro atoms. The Kier molecular flexibility index (Phi) is 2.58. The van der Waals surface area contributed by atoms with Crippen molar-refractivity contribution in [2.24, 2.45) is 5.92 Å². The van der Waals surface area contributed by atoms with Gasteiger partial charge in [0.25, 0.3) is 0 Å². The zero-order chi connectivity index (χ0) is 11.0. The van der Waals surface area contributed by atoms with Gasteiger partial charge in [0.1, 0.15) is 0 Å². The van der Waals surface area contributed by atoms with Crippen LogP contribution in [-0.4, -0.2) is 10.4 Å². The van der Waals surface area contributed by atoms with Gasteiger partial charge in [-0.1, -0.05) is 12.8 Å². The van der Waals surface area contributed by atoms with Crippen molar-refractivity contribution in [3.63, 3.8) is 0 Å². The summed E-state index contributed by atoms with van der Waals surface area (Å²) in [6.07, 6.45) is 10.6. The Morgan fingerprint density at radius 2 is 2.00 bits per heavy atom.